The van der Waals surface area contributed by atoms with Crippen molar-refractivity contribution in [3.8, 4) is 0 Å². The van der Waals surface area contributed by atoms with Crippen LogP contribution in [0.1, 0.15) is 52.4 Å². The van der Waals surface area contributed by atoms with E-state index in [0.717, 1.165) is 29.9 Å². The maximum Gasteiger partial charge on any atom is 0.155 e. The molecular weight excluding hydrogens is 435 g/mol. The van der Waals surface area contributed by atoms with Gasteiger partial charge in [-0.1, -0.05) is 43.7 Å². The van der Waals surface area contributed by atoms with Crippen LogP contribution in [0.25, 0.3) is 0 Å². The number of ketones is 1. The molecule has 2 saturated carbocycles. The van der Waals surface area contributed by atoms with Crippen LogP contribution in [-0.2, 0) is 20.3 Å². The summed E-state index contributed by atoms with van der Waals surface area (Å²) >= 11 is 0. The minimum atomic E-state index is -1.17. The number of halogens is 1. The Balaban J connectivity index is 1.49. The molecule has 176 valence electrons. The Morgan fingerprint density at radius 1 is 1.18 bits per heavy atom. The quantitative estimate of drug-likeness (QED) is 0.396. The van der Waals surface area contributed by atoms with Gasteiger partial charge in [-0.15, -0.1) is 0 Å². The number of fused-ring (bicyclic) bond motifs is 5. The second-order valence-electron chi connectivity index (χ2n) is 10.5. The molecule has 0 bridgehead atoms. The molecule has 0 radical (unpaired) electrons. The Morgan fingerprint density at radius 2 is 1.94 bits per heavy atom. The van der Waals surface area contributed by atoms with Crippen molar-refractivity contribution in [2.45, 2.75) is 63.4 Å². The van der Waals surface area contributed by atoms with Gasteiger partial charge in [0.15, 0.2) is 5.78 Å². The van der Waals surface area contributed by atoms with E-state index in [9.17, 15) is 9.00 Å². The van der Waals surface area contributed by atoms with E-state index in [1.165, 1.54) is 11.1 Å². The lowest BCUT2D eigenvalue weighted by Crippen LogP contribution is -2.47. The SMILES string of the molecule is CO/C(CS(=O)c1ccccc1)=C1/CC[C@H]2[C@@H]3C[C@H](F)C4=CC(=O)CC[C@]4(C)C3=CC[C@]12C. The zero-order valence-corrected chi connectivity index (χ0v) is 20.6. The normalized spacial score (nSPS) is 37.8. The standard InChI is InChI=1S/C28H33FO3S/c1-27-14-12-22-20(16-25(29)24-15-18(30)11-13-28(22,24)2)21(27)9-10-23(27)26(32-3)17-33(31)19-7-5-4-6-8-19/h4-8,12,15,20-21,25H,9-11,13-14,16-17H2,1-3H3/b26-23-/t20-,21-,25-,27-,28+,33?/m0/s1. The second-order valence-corrected chi connectivity index (χ2v) is 12.0. The summed E-state index contributed by atoms with van der Waals surface area (Å²) in [6, 6.07) is 9.54. The average molecular weight is 469 g/mol. The molecule has 0 amide bonds. The number of carbonyl (C=O) groups is 1. The van der Waals surface area contributed by atoms with E-state index >= 15 is 4.39 Å². The van der Waals surface area contributed by atoms with Crippen LogP contribution in [0.15, 0.2) is 69.9 Å². The molecule has 1 unspecified atom stereocenters. The van der Waals surface area contributed by atoms with E-state index in [0.29, 0.717) is 36.5 Å². The van der Waals surface area contributed by atoms with Crippen molar-refractivity contribution in [1.82, 2.24) is 0 Å². The van der Waals surface area contributed by atoms with Crippen molar-refractivity contribution in [2.24, 2.45) is 22.7 Å². The second kappa shape index (κ2) is 8.33. The lowest BCUT2D eigenvalue weighted by molar-refractivity contribution is -0.115. The lowest BCUT2D eigenvalue weighted by Gasteiger charge is -2.53. The average Bonchev–Trinajstić information content (AvgIpc) is 3.16. The molecule has 1 aromatic rings. The van der Waals surface area contributed by atoms with Crippen LogP contribution in [0.5, 0.6) is 0 Å². The fourth-order valence-electron chi connectivity index (χ4n) is 7.18. The van der Waals surface area contributed by atoms with Gasteiger partial charge in [-0.05, 0) is 78.7 Å². The molecule has 3 nitrogen and oxygen atoms in total. The van der Waals surface area contributed by atoms with E-state index in [4.69, 9.17) is 4.74 Å². The van der Waals surface area contributed by atoms with Crippen LogP contribution in [0.2, 0.25) is 0 Å². The fraction of sp³-hybridized carbons (Fsp3) is 0.536. The van der Waals surface area contributed by atoms with Crippen molar-refractivity contribution in [2.75, 3.05) is 12.9 Å². The molecule has 0 saturated heterocycles. The third-order valence-electron chi connectivity index (χ3n) is 8.96. The maximum atomic E-state index is 15.4. The monoisotopic (exact) mass is 468 g/mol. The number of methoxy groups -OCH3 is 1. The van der Waals surface area contributed by atoms with E-state index in [1.807, 2.05) is 30.3 Å². The van der Waals surface area contributed by atoms with Gasteiger partial charge in [0, 0.05) is 16.7 Å². The smallest absolute Gasteiger partial charge is 0.155 e. The van der Waals surface area contributed by atoms with Gasteiger partial charge in [0.25, 0.3) is 0 Å². The fourth-order valence-corrected chi connectivity index (χ4v) is 8.34. The minimum Gasteiger partial charge on any atom is -0.500 e. The molecule has 0 spiro atoms. The number of allylic oxidation sites excluding steroid dienone is 5. The number of ether oxygens (including phenoxy) is 1. The summed E-state index contributed by atoms with van der Waals surface area (Å²) in [5, 5.41) is 0. The number of hydrogen-bond acceptors (Lipinski definition) is 3. The summed E-state index contributed by atoms with van der Waals surface area (Å²) in [6.45, 7) is 4.44. The molecule has 5 heteroatoms. The van der Waals surface area contributed by atoms with Gasteiger partial charge in [-0.2, -0.15) is 0 Å². The summed E-state index contributed by atoms with van der Waals surface area (Å²) in [6.07, 6.45) is 7.37. The molecule has 0 heterocycles. The highest BCUT2D eigenvalue weighted by atomic mass is 32.2. The zero-order chi connectivity index (χ0) is 23.4. The number of rotatable bonds is 4. The van der Waals surface area contributed by atoms with Crippen LogP contribution in [-0.4, -0.2) is 29.0 Å². The minimum absolute atomic E-state index is 0.0621. The molecule has 4 aliphatic rings. The molecule has 0 N–H and O–H groups in total. The van der Waals surface area contributed by atoms with Gasteiger partial charge in [0.1, 0.15) is 11.9 Å². The summed E-state index contributed by atoms with van der Waals surface area (Å²) < 4.78 is 34.3. The van der Waals surface area contributed by atoms with Crippen LogP contribution in [0, 0.1) is 22.7 Å². The summed E-state index contributed by atoms with van der Waals surface area (Å²) in [5.74, 6) is 1.80. The first-order valence-electron chi connectivity index (χ1n) is 12.1. The molecule has 0 aliphatic heterocycles. The Morgan fingerprint density at radius 3 is 2.67 bits per heavy atom. The van der Waals surface area contributed by atoms with Crippen molar-refractivity contribution < 1.29 is 18.1 Å². The van der Waals surface area contributed by atoms with Gasteiger partial charge in [0.05, 0.1) is 23.7 Å². The Hall–Kier alpha value is -2.01. The van der Waals surface area contributed by atoms with Gasteiger partial charge in [-0.25, -0.2) is 4.39 Å². The summed E-state index contributed by atoms with van der Waals surface area (Å²) in [4.78, 5) is 12.8. The summed E-state index contributed by atoms with van der Waals surface area (Å²) in [5.41, 5.74) is 2.88. The van der Waals surface area contributed by atoms with Crippen LogP contribution in [0.4, 0.5) is 4.39 Å². The van der Waals surface area contributed by atoms with Gasteiger partial charge < -0.3 is 4.74 Å². The largest absolute Gasteiger partial charge is 0.500 e. The van der Waals surface area contributed by atoms with Gasteiger partial charge >= 0.3 is 0 Å². The van der Waals surface area contributed by atoms with E-state index in [2.05, 4.69) is 19.9 Å². The first-order chi connectivity index (χ1) is 15.8. The topological polar surface area (TPSA) is 43.4 Å². The highest BCUT2D eigenvalue weighted by Crippen LogP contribution is 2.65. The lowest BCUT2D eigenvalue weighted by atomic mass is 9.51. The van der Waals surface area contributed by atoms with Crippen LogP contribution in [0.3, 0.4) is 0 Å². The molecule has 33 heavy (non-hydrogen) atoms. The number of hydrogen-bond donors (Lipinski definition) is 0. The van der Waals surface area contributed by atoms with Crippen molar-refractivity contribution in [1.29, 1.82) is 0 Å². The van der Waals surface area contributed by atoms with Crippen LogP contribution >= 0.6 is 0 Å². The maximum absolute atomic E-state index is 15.4. The Labute approximate surface area is 198 Å². The Kier molecular flexibility index (Phi) is 5.75. The van der Waals surface area contributed by atoms with E-state index in [-0.39, 0.29) is 22.5 Å². The van der Waals surface area contributed by atoms with Crippen molar-refractivity contribution >= 4 is 16.6 Å². The third kappa shape index (κ3) is 3.58. The molecule has 5 rings (SSSR count). The predicted molar refractivity (Wildman–Crippen MR) is 129 cm³/mol. The van der Waals surface area contributed by atoms with Crippen molar-refractivity contribution in [3.05, 3.63) is 65.0 Å². The van der Waals surface area contributed by atoms with Gasteiger partial charge in [0.2, 0.25) is 0 Å². The van der Waals surface area contributed by atoms with E-state index in [1.54, 1.807) is 13.2 Å². The zero-order valence-electron chi connectivity index (χ0n) is 19.7. The highest BCUT2D eigenvalue weighted by molar-refractivity contribution is 7.85. The Bertz CT molecular complexity index is 1090. The molecule has 6 atom stereocenters. The van der Waals surface area contributed by atoms with E-state index < -0.39 is 17.0 Å². The molecule has 0 aromatic heterocycles. The molecule has 1 aromatic carbocycles. The predicted octanol–water partition coefficient (Wildman–Crippen LogP) is 6.09. The van der Waals surface area contributed by atoms with Crippen molar-refractivity contribution in [3.63, 3.8) is 0 Å². The third-order valence-corrected chi connectivity index (χ3v) is 10.3. The number of benzene rings is 1. The summed E-state index contributed by atoms with van der Waals surface area (Å²) in [7, 11) is 0.514. The van der Waals surface area contributed by atoms with Crippen LogP contribution < -0.4 is 0 Å². The first kappa shape index (κ1) is 22.8. The molecule has 2 fully saturated rings. The molecule has 4 aliphatic carbocycles. The highest BCUT2D eigenvalue weighted by Gasteiger charge is 2.57. The molecular formula is C28H33FO3S. The first-order valence-corrected chi connectivity index (χ1v) is 13.4. The number of alkyl halides is 1. The number of carbonyl (C=O) groups excluding carboxylic acids is 1. The van der Waals surface area contributed by atoms with Gasteiger partial charge in [-0.3, -0.25) is 9.00 Å².